The molecule has 1 unspecified atom stereocenters. The van der Waals surface area contributed by atoms with Crippen LogP contribution in [0.4, 0.5) is 28.9 Å². The van der Waals surface area contributed by atoms with E-state index in [-0.39, 0.29) is 22.7 Å². The van der Waals surface area contributed by atoms with Gasteiger partial charge in [-0.25, -0.2) is 13.1 Å². The standard InChI is InChI=1S/C29H29F4N3O4S.C2H6/c1-26(2,3)34-41(39,40)22-14-10-20(11-15-22)29(38)23-6-4-5-7-24(23)36(25(29)37)16-19-8-12-21(13-9-19)35-17-27(30,31)28(32,33)18-35;1-2/h4-15,34,38H,16-18H2,1-3H3;1-2H3. The molecule has 2 aliphatic rings. The minimum Gasteiger partial charge on any atom is -0.372 e. The average molecular weight is 622 g/mol. The second-order valence-electron chi connectivity index (χ2n) is 11.4. The number of alkyl halides is 4. The van der Waals surface area contributed by atoms with E-state index in [4.69, 9.17) is 0 Å². The Morgan fingerprint density at radius 1 is 0.860 bits per heavy atom. The summed E-state index contributed by atoms with van der Waals surface area (Å²) < 4.78 is 82.6. The van der Waals surface area contributed by atoms with Gasteiger partial charge in [0.25, 0.3) is 5.91 Å². The number of carbonyl (C=O) groups is 1. The number of hydrogen-bond acceptors (Lipinski definition) is 5. The second-order valence-corrected chi connectivity index (χ2v) is 13.1. The third kappa shape index (κ3) is 6.00. The second kappa shape index (κ2) is 11.2. The van der Waals surface area contributed by atoms with E-state index in [0.717, 1.165) is 4.90 Å². The van der Waals surface area contributed by atoms with Gasteiger partial charge in [0.2, 0.25) is 10.0 Å². The maximum absolute atomic E-state index is 13.7. The van der Waals surface area contributed by atoms with Crippen LogP contribution in [0.3, 0.4) is 0 Å². The number of sulfonamides is 1. The molecule has 0 radical (unpaired) electrons. The zero-order chi connectivity index (χ0) is 32.0. The summed E-state index contributed by atoms with van der Waals surface area (Å²) in [5.41, 5.74) is -1.10. The number of aliphatic hydroxyl groups is 1. The first-order chi connectivity index (χ1) is 19.9. The van der Waals surface area contributed by atoms with Gasteiger partial charge in [-0.05, 0) is 62.2 Å². The molecule has 0 spiro atoms. The highest BCUT2D eigenvalue weighted by Gasteiger charge is 2.63. The van der Waals surface area contributed by atoms with Crippen molar-refractivity contribution in [3.05, 3.63) is 89.5 Å². The van der Waals surface area contributed by atoms with Crippen molar-refractivity contribution >= 4 is 27.3 Å². The molecule has 232 valence electrons. The lowest BCUT2D eigenvalue weighted by Gasteiger charge is -2.25. The average Bonchev–Trinajstić information content (AvgIpc) is 3.29. The van der Waals surface area contributed by atoms with E-state index in [9.17, 15) is 35.9 Å². The molecule has 1 fully saturated rings. The van der Waals surface area contributed by atoms with Crippen molar-refractivity contribution in [3.63, 3.8) is 0 Å². The Morgan fingerprint density at radius 3 is 1.93 bits per heavy atom. The van der Waals surface area contributed by atoms with Crippen LogP contribution in [-0.4, -0.2) is 49.9 Å². The van der Waals surface area contributed by atoms with Crippen molar-refractivity contribution < 1.29 is 35.9 Å². The number of fused-ring (bicyclic) bond motifs is 1. The van der Waals surface area contributed by atoms with E-state index in [1.165, 1.54) is 41.3 Å². The molecule has 1 atom stereocenters. The Morgan fingerprint density at radius 2 is 1.40 bits per heavy atom. The first kappa shape index (κ1) is 32.4. The Kier molecular flexibility index (Phi) is 8.46. The minimum absolute atomic E-state index is 0.00667. The lowest BCUT2D eigenvalue weighted by Crippen LogP contribution is -2.41. The maximum atomic E-state index is 13.7. The number of carbonyl (C=O) groups excluding carboxylic acids is 1. The largest absolute Gasteiger partial charge is 0.372 e. The molecule has 1 amide bonds. The highest BCUT2D eigenvalue weighted by atomic mass is 32.2. The van der Waals surface area contributed by atoms with Crippen LogP contribution in [0.2, 0.25) is 0 Å². The first-order valence-electron chi connectivity index (χ1n) is 13.8. The monoisotopic (exact) mass is 621 g/mol. The van der Waals surface area contributed by atoms with Gasteiger partial charge in [0.15, 0.2) is 5.60 Å². The van der Waals surface area contributed by atoms with Gasteiger partial charge in [0, 0.05) is 16.8 Å². The third-order valence-electron chi connectivity index (χ3n) is 7.12. The lowest BCUT2D eigenvalue weighted by molar-refractivity contribution is -0.172. The minimum atomic E-state index is -4.13. The fourth-order valence-electron chi connectivity index (χ4n) is 5.15. The van der Waals surface area contributed by atoms with Gasteiger partial charge >= 0.3 is 11.8 Å². The van der Waals surface area contributed by atoms with Crippen LogP contribution in [0.15, 0.2) is 77.7 Å². The molecule has 1 saturated heterocycles. The molecule has 7 nitrogen and oxygen atoms in total. The number of nitrogens with one attached hydrogen (secondary N) is 1. The number of halogens is 4. The van der Waals surface area contributed by atoms with E-state index in [2.05, 4.69) is 4.72 Å². The van der Waals surface area contributed by atoms with E-state index in [1.54, 1.807) is 57.2 Å². The smallest absolute Gasteiger partial charge is 0.329 e. The van der Waals surface area contributed by atoms with Gasteiger partial charge in [0.1, 0.15) is 0 Å². The van der Waals surface area contributed by atoms with Crippen molar-refractivity contribution in [2.24, 2.45) is 0 Å². The van der Waals surface area contributed by atoms with E-state index in [0.29, 0.717) is 16.8 Å². The zero-order valence-corrected chi connectivity index (χ0v) is 25.4. The highest BCUT2D eigenvalue weighted by molar-refractivity contribution is 7.89. The summed E-state index contributed by atoms with van der Waals surface area (Å²) in [6, 6.07) is 18.1. The Bertz CT molecular complexity index is 1570. The predicted octanol–water partition coefficient (Wildman–Crippen LogP) is 5.66. The summed E-state index contributed by atoms with van der Waals surface area (Å²) in [4.78, 5) is 16.0. The highest BCUT2D eigenvalue weighted by Crippen LogP contribution is 2.46. The van der Waals surface area contributed by atoms with Crippen LogP contribution in [0.1, 0.15) is 51.3 Å². The molecule has 0 aliphatic carbocycles. The van der Waals surface area contributed by atoms with Crippen molar-refractivity contribution in [3.8, 4) is 0 Å². The van der Waals surface area contributed by atoms with Gasteiger partial charge in [-0.1, -0.05) is 56.3 Å². The Labute approximate surface area is 249 Å². The topological polar surface area (TPSA) is 89.9 Å². The van der Waals surface area contributed by atoms with Gasteiger partial charge < -0.3 is 14.9 Å². The quantitative estimate of drug-likeness (QED) is 0.347. The van der Waals surface area contributed by atoms with Crippen LogP contribution in [0, 0.1) is 0 Å². The number of nitrogens with zero attached hydrogens (tertiary/aromatic N) is 2. The van der Waals surface area contributed by atoms with E-state index < -0.39 is 52.0 Å². The van der Waals surface area contributed by atoms with Crippen molar-refractivity contribution in [2.45, 2.75) is 69.0 Å². The third-order valence-corrected chi connectivity index (χ3v) is 8.89. The Balaban J connectivity index is 0.00000207. The zero-order valence-electron chi connectivity index (χ0n) is 24.5. The molecule has 2 aliphatic heterocycles. The SMILES string of the molecule is CC.CC(C)(C)NS(=O)(=O)c1ccc(C2(O)C(=O)N(Cc3ccc(N4CC(F)(F)C(F)(F)C4)cc3)c3ccccc32)cc1. The summed E-state index contributed by atoms with van der Waals surface area (Å²) in [6.45, 7) is 6.93. The predicted molar refractivity (Wildman–Crippen MR) is 157 cm³/mol. The van der Waals surface area contributed by atoms with Gasteiger partial charge in [-0.15, -0.1) is 0 Å². The molecule has 0 aromatic heterocycles. The molecule has 0 bridgehead atoms. The Hall–Kier alpha value is -3.48. The van der Waals surface area contributed by atoms with Crippen LogP contribution >= 0.6 is 0 Å². The number of benzene rings is 3. The molecule has 3 aromatic carbocycles. The van der Waals surface area contributed by atoms with Crippen molar-refractivity contribution in [1.29, 1.82) is 0 Å². The van der Waals surface area contributed by atoms with Crippen molar-refractivity contribution in [2.75, 3.05) is 22.9 Å². The van der Waals surface area contributed by atoms with Gasteiger partial charge in [-0.2, -0.15) is 17.6 Å². The molecule has 0 saturated carbocycles. The number of amides is 1. The maximum Gasteiger partial charge on any atom is 0.329 e. The molecule has 5 rings (SSSR count). The summed E-state index contributed by atoms with van der Waals surface area (Å²) in [7, 11) is -3.84. The van der Waals surface area contributed by atoms with Crippen LogP contribution in [0.5, 0.6) is 0 Å². The lowest BCUT2D eigenvalue weighted by atomic mass is 9.87. The van der Waals surface area contributed by atoms with E-state index >= 15 is 0 Å². The molecular weight excluding hydrogens is 586 g/mol. The number of anilines is 2. The molecule has 3 aromatic rings. The fraction of sp³-hybridized carbons (Fsp3) is 0.387. The summed E-state index contributed by atoms with van der Waals surface area (Å²) in [5.74, 6) is -8.93. The van der Waals surface area contributed by atoms with Gasteiger partial charge in [-0.3, -0.25) is 4.79 Å². The molecule has 43 heavy (non-hydrogen) atoms. The number of rotatable bonds is 6. The first-order valence-corrected chi connectivity index (χ1v) is 15.3. The summed E-state index contributed by atoms with van der Waals surface area (Å²) >= 11 is 0. The summed E-state index contributed by atoms with van der Waals surface area (Å²) in [5, 5.41) is 11.8. The molecule has 2 heterocycles. The molecule has 2 N–H and O–H groups in total. The molecule has 12 heteroatoms. The number of hydrogen-bond donors (Lipinski definition) is 2. The molecular formula is C31H35F4N3O4S. The normalized spacial score (nSPS) is 20.9. The van der Waals surface area contributed by atoms with Crippen molar-refractivity contribution in [1.82, 2.24) is 4.72 Å². The van der Waals surface area contributed by atoms with Crippen LogP contribution in [-0.2, 0) is 27.0 Å². The summed E-state index contributed by atoms with van der Waals surface area (Å²) in [6.07, 6.45) is 0. The van der Waals surface area contributed by atoms with Gasteiger partial charge in [0.05, 0.1) is 30.2 Å². The van der Waals surface area contributed by atoms with Crippen LogP contribution < -0.4 is 14.5 Å². The number of para-hydroxylation sites is 1. The fourth-order valence-corrected chi connectivity index (χ4v) is 6.57. The van der Waals surface area contributed by atoms with E-state index in [1.807, 2.05) is 13.8 Å². The van der Waals surface area contributed by atoms with Crippen LogP contribution in [0.25, 0.3) is 0 Å².